The van der Waals surface area contributed by atoms with Gasteiger partial charge in [0, 0.05) is 15.8 Å². The van der Waals surface area contributed by atoms with Gasteiger partial charge in [0.15, 0.2) is 5.12 Å². The maximum atomic E-state index is 10.5. The van der Waals surface area contributed by atoms with Gasteiger partial charge in [0.2, 0.25) is 0 Å². The number of rotatable bonds is 4. The molecule has 3 radical (unpaired) electrons. The largest absolute Gasteiger partial charge is 0.288 e. The molecule has 9 heavy (non-hydrogen) atoms. The summed E-state index contributed by atoms with van der Waals surface area (Å²) in [6.45, 7) is 2.10. The maximum absolute atomic E-state index is 10.5. The summed E-state index contributed by atoms with van der Waals surface area (Å²) in [5.41, 5.74) is -0.0479. The molecule has 0 N–H and O–H groups in total. The van der Waals surface area contributed by atoms with Crippen molar-refractivity contribution in [3.63, 3.8) is 0 Å². The smallest absolute Gasteiger partial charge is 0.185 e. The zero-order valence-electron chi connectivity index (χ0n) is 5.55. The van der Waals surface area contributed by atoms with E-state index in [0.717, 1.165) is 19.3 Å². The van der Waals surface area contributed by atoms with E-state index in [9.17, 15) is 4.79 Å². The average molecular weight is 159 g/mol. The fourth-order valence-electron chi connectivity index (χ4n) is 0.532. The summed E-state index contributed by atoms with van der Waals surface area (Å²) in [4.78, 5) is 10.5. The highest BCUT2D eigenvalue weighted by molar-refractivity contribution is 7.96. The van der Waals surface area contributed by atoms with Crippen LogP contribution >= 0.6 is 12.6 Å². The molecule has 0 aromatic heterocycles. The Balaban J connectivity index is 3.27. The van der Waals surface area contributed by atoms with Crippen molar-refractivity contribution in [2.45, 2.75) is 31.7 Å². The van der Waals surface area contributed by atoms with E-state index in [4.69, 9.17) is 0 Å². The second kappa shape index (κ2) is 5.06. The van der Waals surface area contributed by atoms with Crippen molar-refractivity contribution in [1.29, 1.82) is 0 Å². The molecule has 0 rings (SSSR count). The van der Waals surface area contributed by atoms with Crippen molar-refractivity contribution in [2.75, 3.05) is 0 Å². The van der Waals surface area contributed by atoms with Crippen molar-refractivity contribution in [2.24, 2.45) is 0 Å². The van der Waals surface area contributed by atoms with E-state index in [0.29, 0.717) is 0 Å². The molecule has 0 saturated heterocycles. The zero-order chi connectivity index (χ0) is 7.28. The second-order valence-electron chi connectivity index (χ2n) is 2.03. The third-order valence-electron chi connectivity index (χ3n) is 1.14. The summed E-state index contributed by atoms with van der Waals surface area (Å²) in [5, 5.41) is -0.0693. The normalized spacial score (nSPS) is 13.2. The number of carbonyl (C=O) groups is 1. The fraction of sp³-hybridized carbons (Fsp3) is 0.833. The molecular weight excluding hydrogens is 148 g/mol. The van der Waals surface area contributed by atoms with Crippen LogP contribution in [0.2, 0.25) is 5.54 Å². The van der Waals surface area contributed by atoms with Crippen molar-refractivity contribution >= 4 is 28.0 Å². The average Bonchev–Trinajstić information content (AvgIpc) is 1.82. The second-order valence-corrected chi connectivity index (χ2v) is 3.17. The molecule has 0 aliphatic rings. The van der Waals surface area contributed by atoms with Gasteiger partial charge in [-0.3, -0.25) is 4.79 Å². The highest BCUT2D eigenvalue weighted by Gasteiger charge is 2.06. The molecule has 0 fully saturated rings. The fourth-order valence-corrected chi connectivity index (χ4v) is 0.865. The molecule has 0 aliphatic heterocycles. The summed E-state index contributed by atoms with van der Waals surface area (Å²) in [5.74, 6) is 0. The number of unbranched alkanes of at least 4 members (excludes halogenated alkanes) is 1. The molecule has 1 unspecified atom stereocenters. The van der Waals surface area contributed by atoms with Crippen molar-refractivity contribution < 1.29 is 4.79 Å². The standard InChI is InChI=1S/C6H11OSSi/c1-2-3-4-5(9)6(7)8/h5H,2-4H2,1H3,(H,7,8). The molecule has 1 nitrogen and oxygen atoms in total. The lowest BCUT2D eigenvalue weighted by molar-refractivity contribution is -0.110. The van der Waals surface area contributed by atoms with Gasteiger partial charge < -0.3 is 0 Å². The Bertz CT molecular complexity index is 95.1. The molecule has 0 spiro atoms. The number of carbonyl (C=O) groups excluding carboxylic acids is 1. The first-order chi connectivity index (χ1) is 4.18. The predicted octanol–water partition coefficient (Wildman–Crippen LogP) is 1.59. The third kappa shape index (κ3) is 4.72. The summed E-state index contributed by atoms with van der Waals surface area (Å²) < 4.78 is 0. The molecule has 0 aromatic carbocycles. The molecule has 1 atom stereocenters. The van der Waals surface area contributed by atoms with Crippen LogP contribution in [0.1, 0.15) is 26.2 Å². The van der Waals surface area contributed by atoms with Crippen molar-refractivity contribution in [1.82, 2.24) is 0 Å². The van der Waals surface area contributed by atoms with Crippen LogP contribution in [0.15, 0.2) is 0 Å². The van der Waals surface area contributed by atoms with Crippen molar-refractivity contribution in [3.05, 3.63) is 0 Å². The van der Waals surface area contributed by atoms with Crippen LogP contribution in [-0.4, -0.2) is 15.4 Å². The van der Waals surface area contributed by atoms with Gasteiger partial charge in [-0.25, -0.2) is 0 Å². The number of hydrogen-bond donors (Lipinski definition) is 1. The Labute approximate surface area is 65.1 Å². The van der Waals surface area contributed by atoms with Gasteiger partial charge in [0.1, 0.15) is 0 Å². The summed E-state index contributed by atoms with van der Waals surface area (Å²) >= 11 is 3.68. The zero-order valence-corrected chi connectivity index (χ0v) is 7.45. The van der Waals surface area contributed by atoms with E-state index in [1.54, 1.807) is 0 Å². The first-order valence-electron chi connectivity index (χ1n) is 3.12. The monoisotopic (exact) mass is 159 g/mol. The Kier molecular flexibility index (Phi) is 5.19. The highest BCUT2D eigenvalue weighted by Crippen LogP contribution is 2.12. The number of hydrogen-bond acceptors (Lipinski definition) is 1. The lowest BCUT2D eigenvalue weighted by Crippen LogP contribution is -2.00. The highest BCUT2D eigenvalue weighted by atomic mass is 32.1. The van der Waals surface area contributed by atoms with Crippen LogP contribution in [0, 0.1) is 0 Å². The molecular formula is C6H11OSSi. The van der Waals surface area contributed by atoms with Crippen LogP contribution in [0.3, 0.4) is 0 Å². The van der Waals surface area contributed by atoms with E-state index >= 15 is 0 Å². The van der Waals surface area contributed by atoms with Gasteiger partial charge in [0.25, 0.3) is 0 Å². The van der Waals surface area contributed by atoms with Crippen LogP contribution in [0.4, 0.5) is 0 Å². The SMILES string of the molecule is CCCCC([Si])C(=O)S. The Morgan fingerprint density at radius 2 is 2.33 bits per heavy atom. The Morgan fingerprint density at radius 1 is 1.78 bits per heavy atom. The van der Waals surface area contributed by atoms with Crippen LogP contribution in [0.5, 0.6) is 0 Å². The summed E-state index contributed by atoms with van der Waals surface area (Å²) in [6, 6.07) is 0. The molecule has 0 bridgehead atoms. The Morgan fingerprint density at radius 3 is 2.67 bits per heavy atom. The van der Waals surface area contributed by atoms with Gasteiger partial charge in [-0.05, 0) is 6.42 Å². The van der Waals surface area contributed by atoms with E-state index < -0.39 is 0 Å². The van der Waals surface area contributed by atoms with Crippen molar-refractivity contribution in [3.8, 4) is 0 Å². The first-order valence-corrected chi connectivity index (χ1v) is 4.15. The lowest BCUT2D eigenvalue weighted by atomic mass is 10.2. The minimum atomic E-state index is -0.0693. The van der Waals surface area contributed by atoms with Gasteiger partial charge >= 0.3 is 0 Å². The van der Waals surface area contributed by atoms with E-state index in [1.165, 1.54) is 0 Å². The molecule has 0 aliphatic carbocycles. The van der Waals surface area contributed by atoms with Crippen LogP contribution < -0.4 is 0 Å². The van der Waals surface area contributed by atoms with Gasteiger partial charge in [-0.15, -0.1) is 12.6 Å². The molecule has 0 aromatic rings. The van der Waals surface area contributed by atoms with Gasteiger partial charge in [-0.2, -0.15) is 0 Å². The van der Waals surface area contributed by atoms with E-state index in [-0.39, 0.29) is 10.7 Å². The van der Waals surface area contributed by atoms with Gasteiger partial charge in [-0.1, -0.05) is 19.8 Å². The summed E-state index contributed by atoms with van der Waals surface area (Å²) in [6.07, 6.45) is 3.11. The topological polar surface area (TPSA) is 17.1 Å². The third-order valence-corrected chi connectivity index (χ3v) is 2.25. The lowest BCUT2D eigenvalue weighted by Gasteiger charge is -2.02. The minimum absolute atomic E-state index is 0.0479. The Hall–Kier alpha value is 0.237. The number of thiol groups is 1. The molecule has 51 valence electrons. The molecule has 0 heterocycles. The quantitative estimate of drug-likeness (QED) is 0.487. The predicted molar refractivity (Wildman–Crippen MR) is 43.0 cm³/mol. The molecule has 3 heteroatoms. The van der Waals surface area contributed by atoms with Crippen LogP contribution in [0.25, 0.3) is 0 Å². The van der Waals surface area contributed by atoms with E-state index in [1.807, 2.05) is 0 Å². The molecule has 0 amide bonds. The van der Waals surface area contributed by atoms with Gasteiger partial charge in [0.05, 0.1) is 0 Å². The first kappa shape index (κ1) is 9.24. The van der Waals surface area contributed by atoms with E-state index in [2.05, 4.69) is 29.8 Å². The molecule has 0 saturated carbocycles. The van der Waals surface area contributed by atoms with Crippen LogP contribution in [-0.2, 0) is 4.79 Å². The maximum Gasteiger partial charge on any atom is 0.185 e. The minimum Gasteiger partial charge on any atom is -0.288 e. The summed E-state index contributed by atoms with van der Waals surface area (Å²) in [7, 11) is 3.27.